The van der Waals surface area contributed by atoms with E-state index in [0.29, 0.717) is 53.5 Å². The highest BCUT2D eigenvalue weighted by atomic mass is 35.5. The number of halogens is 2. The van der Waals surface area contributed by atoms with Gasteiger partial charge in [-0.05, 0) is 69.2 Å². The number of aromatic nitrogens is 1. The van der Waals surface area contributed by atoms with Gasteiger partial charge in [0.1, 0.15) is 0 Å². The number of allylic oxidation sites excluding steroid dienone is 1. The molecule has 0 unspecified atom stereocenters. The monoisotopic (exact) mass is 590 g/mol. The summed E-state index contributed by atoms with van der Waals surface area (Å²) >= 11 is 13.8. The Morgan fingerprint density at radius 3 is 2.41 bits per heavy atom. The summed E-state index contributed by atoms with van der Waals surface area (Å²) in [6.45, 7) is 7.46. The fourth-order valence-electron chi connectivity index (χ4n) is 4.32. The van der Waals surface area contributed by atoms with Crippen LogP contribution in [0.4, 0.5) is 0 Å². The number of carbonyl (C=O) groups is 1. The summed E-state index contributed by atoms with van der Waals surface area (Å²) in [5, 5.41) is 0.635. The molecule has 0 aliphatic carbocycles. The molecule has 0 radical (unpaired) electrons. The van der Waals surface area contributed by atoms with Crippen LogP contribution in [-0.4, -0.2) is 37.5 Å². The maximum atomic E-state index is 13.9. The molecule has 2 heterocycles. The third-order valence-corrected chi connectivity index (χ3v) is 7.45. The molecule has 2 aromatic carbocycles. The molecule has 0 fully saturated rings. The second-order valence-electron chi connectivity index (χ2n) is 8.90. The average Bonchev–Trinajstić information content (AvgIpc) is 3.17. The third kappa shape index (κ3) is 5.71. The van der Waals surface area contributed by atoms with Crippen LogP contribution in [0, 0.1) is 0 Å². The van der Waals surface area contributed by atoms with Gasteiger partial charge in [0.25, 0.3) is 5.56 Å². The zero-order valence-corrected chi connectivity index (χ0v) is 24.7. The summed E-state index contributed by atoms with van der Waals surface area (Å²) in [6, 6.07) is 7.87. The highest BCUT2D eigenvalue weighted by Gasteiger charge is 2.34. The van der Waals surface area contributed by atoms with Gasteiger partial charge >= 0.3 is 5.97 Å². The van der Waals surface area contributed by atoms with Crippen LogP contribution in [0.15, 0.2) is 51.4 Å². The van der Waals surface area contributed by atoms with Crippen molar-refractivity contribution < 1.29 is 23.7 Å². The highest BCUT2D eigenvalue weighted by Crippen LogP contribution is 2.37. The molecule has 1 aromatic heterocycles. The average molecular weight is 592 g/mol. The number of hydrogen-bond donors (Lipinski definition) is 0. The van der Waals surface area contributed by atoms with Crippen molar-refractivity contribution in [2.24, 2.45) is 4.99 Å². The van der Waals surface area contributed by atoms with Gasteiger partial charge in [-0.3, -0.25) is 9.36 Å². The fourth-order valence-corrected chi connectivity index (χ4v) is 6.03. The first-order chi connectivity index (χ1) is 18.6. The van der Waals surface area contributed by atoms with Crippen molar-refractivity contribution in [2.75, 3.05) is 20.8 Å². The standard InChI is InChI=1S/C28H28Cl2N2O6S/c1-7-37-27(34)23-15(4)31-28-32(24(23)17-8-9-20(38-14(2)3)21(13-17)35-5)26(33)22(39-28)12-16-10-18(29)25(36-6)19(30)11-16/h8-14,24H,7H2,1-6H3/b22-12-/t24-/m0/s1. The first kappa shape index (κ1) is 28.7. The topological polar surface area (TPSA) is 88.4 Å². The number of methoxy groups -OCH3 is 2. The van der Waals surface area contributed by atoms with Crippen LogP contribution >= 0.6 is 34.5 Å². The van der Waals surface area contributed by atoms with Crippen LogP contribution in [0.3, 0.4) is 0 Å². The maximum Gasteiger partial charge on any atom is 0.338 e. The lowest BCUT2D eigenvalue weighted by Gasteiger charge is -2.25. The van der Waals surface area contributed by atoms with E-state index in [4.69, 9.17) is 42.1 Å². The predicted molar refractivity (Wildman–Crippen MR) is 152 cm³/mol. The summed E-state index contributed by atoms with van der Waals surface area (Å²) < 4.78 is 23.9. The molecule has 0 N–H and O–H groups in total. The van der Waals surface area contributed by atoms with E-state index < -0.39 is 12.0 Å². The molecule has 0 amide bonds. The molecule has 3 aromatic rings. The first-order valence-corrected chi connectivity index (χ1v) is 13.7. The van der Waals surface area contributed by atoms with Crippen molar-refractivity contribution in [3.63, 3.8) is 0 Å². The van der Waals surface area contributed by atoms with E-state index in [1.807, 2.05) is 19.9 Å². The van der Waals surface area contributed by atoms with Crippen LogP contribution in [0.5, 0.6) is 17.2 Å². The van der Waals surface area contributed by atoms with Gasteiger partial charge in [-0.1, -0.05) is 40.6 Å². The molecule has 1 aliphatic rings. The molecule has 206 valence electrons. The van der Waals surface area contributed by atoms with E-state index in [-0.39, 0.29) is 23.8 Å². The van der Waals surface area contributed by atoms with Gasteiger partial charge in [0.05, 0.1) is 58.8 Å². The van der Waals surface area contributed by atoms with E-state index in [1.165, 1.54) is 30.1 Å². The number of benzene rings is 2. The molecule has 4 rings (SSSR count). The Bertz CT molecular complexity index is 1620. The quantitative estimate of drug-likeness (QED) is 0.346. The molecule has 1 aliphatic heterocycles. The fraction of sp³-hybridized carbons (Fsp3) is 0.321. The van der Waals surface area contributed by atoms with E-state index in [9.17, 15) is 9.59 Å². The highest BCUT2D eigenvalue weighted by molar-refractivity contribution is 7.07. The first-order valence-electron chi connectivity index (χ1n) is 12.2. The Labute approximate surface area is 239 Å². The van der Waals surface area contributed by atoms with Crippen LogP contribution < -0.4 is 29.1 Å². The molecule has 0 saturated carbocycles. The number of fused-ring (bicyclic) bond motifs is 1. The van der Waals surface area contributed by atoms with Crippen LogP contribution in [0.25, 0.3) is 6.08 Å². The van der Waals surface area contributed by atoms with Gasteiger partial charge < -0.3 is 18.9 Å². The van der Waals surface area contributed by atoms with Gasteiger partial charge in [0.15, 0.2) is 22.0 Å². The molecule has 0 bridgehead atoms. The Balaban J connectivity index is 1.94. The van der Waals surface area contributed by atoms with Gasteiger partial charge in [0, 0.05) is 0 Å². The second-order valence-corrected chi connectivity index (χ2v) is 10.7. The van der Waals surface area contributed by atoms with Crippen molar-refractivity contribution in [1.82, 2.24) is 4.57 Å². The Hall–Kier alpha value is -3.27. The summed E-state index contributed by atoms with van der Waals surface area (Å²) in [5.41, 5.74) is 1.66. The molecule has 11 heteroatoms. The lowest BCUT2D eigenvalue weighted by atomic mass is 9.95. The maximum absolute atomic E-state index is 13.9. The minimum Gasteiger partial charge on any atom is -0.494 e. The Kier molecular flexibility index (Phi) is 8.73. The van der Waals surface area contributed by atoms with Crippen LogP contribution in [-0.2, 0) is 9.53 Å². The SMILES string of the molecule is CCOC(=O)C1=C(C)N=c2s/c(=C\c3cc(Cl)c(OC)c(Cl)c3)c(=O)n2[C@H]1c1ccc(OC(C)C)c(OC)c1. The minimum absolute atomic E-state index is 0.0698. The van der Waals surface area contributed by atoms with Crippen molar-refractivity contribution in [1.29, 1.82) is 0 Å². The van der Waals surface area contributed by atoms with E-state index in [1.54, 1.807) is 44.2 Å². The van der Waals surface area contributed by atoms with Gasteiger partial charge in [0.2, 0.25) is 0 Å². The number of hydrogen-bond acceptors (Lipinski definition) is 8. The van der Waals surface area contributed by atoms with E-state index in [0.717, 1.165) is 0 Å². The van der Waals surface area contributed by atoms with E-state index in [2.05, 4.69) is 4.99 Å². The number of thiazole rings is 1. The largest absolute Gasteiger partial charge is 0.494 e. The summed E-state index contributed by atoms with van der Waals surface area (Å²) in [7, 11) is 3.01. The Morgan fingerprint density at radius 1 is 1.13 bits per heavy atom. The number of rotatable bonds is 8. The smallest absolute Gasteiger partial charge is 0.338 e. The zero-order chi connectivity index (χ0) is 28.4. The van der Waals surface area contributed by atoms with Gasteiger partial charge in [-0.15, -0.1) is 0 Å². The summed E-state index contributed by atoms with van der Waals surface area (Å²) in [4.78, 5) is 32.1. The predicted octanol–water partition coefficient (Wildman–Crippen LogP) is 4.91. The normalized spacial score (nSPS) is 15.2. The summed E-state index contributed by atoms with van der Waals surface area (Å²) in [6.07, 6.45) is 1.61. The Morgan fingerprint density at radius 2 is 1.82 bits per heavy atom. The van der Waals surface area contributed by atoms with Crippen molar-refractivity contribution in [3.8, 4) is 17.2 Å². The molecule has 8 nitrogen and oxygen atoms in total. The van der Waals surface area contributed by atoms with E-state index >= 15 is 0 Å². The molecule has 0 saturated heterocycles. The summed E-state index contributed by atoms with van der Waals surface area (Å²) in [5.74, 6) is 0.831. The third-order valence-electron chi connectivity index (χ3n) is 5.91. The van der Waals surface area contributed by atoms with Gasteiger partial charge in [-0.2, -0.15) is 0 Å². The molecule has 39 heavy (non-hydrogen) atoms. The second kappa shape index (κ2) is 11.9. The van der Waals surface area contributed by atoms with Crippen LogP contribution in [0.2, 0.25) is 10.0 Å². The lowest BCUT2D eigenvalue weighted by Crippen LogP contribution is -2.40. The number of carbonyl (C=O) groups excluding carboxylic acids is 1. The number of nitrogens with zero attached hydrogens (tertiary/aromatic N) is 2. The molecular weight excluding hydrogens is 563 g/mol. The molecule has 0 spiro atoms. The number of esters is 1. The zero-order valence-electron chi connectivity index (χ0n) is 22.3. The van der Waals surface area contributed by atoms with Crippen molar-refractivity contribution in [3.05, 3.63) is 82.5 Å². The number of ether oxygens (including phenoxy) is 4. The van der Waals surface area contributed by atoms with Gasteiger partial charge in [-0.25, -0.2) is 9.79 Å². The van der Waals surface area contributed by atoms with Crippen LogP contribution in [0.1, 0.15) is 44.9 Å². The molecular formula is C28H28Cl2N2O6S. The van der Waals surface area contributed by atoms with Crippen molar-refractivity contribution in [2.45, 2.75) is 39.8 Å². The molecule has 1 atom stereocenters. The van der Waals surface area contributed by atoms with Crippen molar-refractivity contribution >= 4 is 46.6 Å². The minimum atomic E-state index is -0.799. The lowest BCUT2D eigenvalue weighted by molar-refractivity contribution is -0.139.